The Morgan fingerprint density at radius 3 is 2.37 bits per heavy atom. The molecule has 1 atom stereocenters. The SMILES string of the molecule is CC(C)[C@@H](C(=O)O)n1cc(C(=O)OC(C)(C)C)nn1. The van der Waals surface area contributed by atoms with Gasteiger partial charge in [-0.15, -0.1) is 5.10 Å². The second kappa shape index (κ2) is 5.38. The number of ether oxygens (including phenoxy) is 1. The number of rotatable bonds is 4. The van der Waals surface area contributed by atoms with Crippen LogP contribution in [0.3, 0.4) is 0 Å². The summed E-state index contributed by atoms with van der Waals surface area (Å²) in [5.74, 6) is -1.81. The second-order valence-corrected chi connectivity index (χ2v) is 5.61. The summed E-state index contributed by atoms with van der Waals surface area (Å²) < 4.78 is 6.31. The Morgan fingerprint density at radius 1 is 1.37 bits per heavy atom. The van der Waals surface area contributed by atoms with Crippen LogP contribution in [0, 0.1) is 5.92 Å². The summed E-state index contributed by atoms with van der Waals surface area (Å²) in [5.41, 5.74) is -0.632. The molecule has 0 unspecified atom stereocenters. The van der Waals surface area contributed by atoms with Crippen LogP contribution in [0.25, 0.3) is 0 Å². The molecular formula is C12H19N3O4. The van der Waals surface area contributed by atoms with Crippen LogP contribution in [0.5, 0.6) is 0 Å². The van der Waals surface area contributed by atoms with Gasteiger partial charge < -0.3 is 9.84 Å². The molecule has 1 aromatic heterocycles. The standard InChI is InChI=1S/C12H19N3O4/c1-7(2)9(10(16)17)15-6-8(13-14-15)11(18)19-12(3,4)5/h6-7,9H,1-5H3,(H,16,17)/t9-/m0/s1. The smallest absolute Gasteiger partial charge is 0.361 e. The molecule has 0 saturated carbocycles. The zero-order chi connectivity index (χ0) is 14.8. The van der Waals surface area contributed by atoms with Gasteiger partial charge in [-0.3, -0.25) is 0 Å². The molecule has 0 saturated heterocycles. The van der Waals surface area contributed by atoms with Crippen LogP contribution in [0.2, 0.25) is 0 Å². The Bertz CT molecular complexity index is 474. The average molecular weight is 269 g/mol. The first-order chi connectivity index (χ1) is 8.61. The Kier molecular flexibility index (Phi) is 4.28. The van der Waals surface area contributed by atoms with E-state index < -0.39 is 23.6 Å². The molecular weight excluding hydrogens is 250 g/mol. The molecule has 106 valence electrons. The predicted molar refractivity (Wildman–Crippen MR) is 66.7 cm³/mol. The quantitative estimate of drug-likeness (QED) is 0.833. The first kappa shape index (κ1) is 15.1. The normalized spacial score (nSPS) is 13.4. The van der Waals surface area contributed by atoms with E-state index in [4.69, 9.17) is 9.84 Å². The van der Waals surface area contributed by atoms with E-state index >= 15 is 0 Å². The molecule has 0 radical (unpaired) electrons. The fourth-order valence-corrected chi connectivity index (χ4v) is 1.54. The average Bonchev–Trinajstić information content (AvgIpc) is 2.62. The maximum atomic E-state index is 11.8. The highest BCUT2D eigenvalue weighted by atomic mass is 16.6. The molecule has 1 rings (SSSR count). The Hall–Kier alpha value is -1.92. The third-order valence-electron chi connectivity index (χ3n) is 2.29. The van der Waals surface area contributed by atoms with Crippen molar-refractivity contribution in [2.75, 3.05) is 0 Å². The molecule has 1 N–H and O–H groups in total. The maximum Gasteiger partial charge on any atom is 0.361 e. The molecule has 1 aromatic rings. The fraction of sp³-hybridized carbons (Fsp3) is 0.667. The number of aliphatic carboxylic acids is 1. The number of esters is 1. The minimum atomic E-state index is -1.02. The fourth-order valence-electron chi connectivity index (χ4n) is 1.54. The van der Waals surface area contributed by atoms with Gasteiger partial charge in [-0.1, -0.05) is 19.1 Å². The van der Waals surface area contributed by atoms with Gasteiger partial charge in [-0.05, 0) is 26.7 Å². The van der Waals surface area contributed by atoms with E-state index in [1.54, 1.807) is 34.6 Å². The van der Waals surface area contributed by atoms with Gasteiger partial charge in [0.15, 0.2) is 11.7 Å². The van der Waals surface area contributed by atoms with Gasteiger partial charge >= 0.3 is 11.9 Å². The molecule has 0 aliphatic rings. The van der Waals surface area contributed by atoms with Gasteiger partial charge in [0, 0.05) is 0 Å². The van der Waals surface area contributed by atoms with Crippen LogP contribution in [0.4, 0.5) is 0 Å². The number of carboxylic acid groups (broad SMARTS) is 1. The number of carboxylic acids is 1. The van der Waals surface area contributed by atoms with Gasteiger partial charge in [-0.2, -0.15) is 0 Å². The largest absolute Gasteiger partial charge is 0.480 e. The highest BCUT2D eigenvalue weighted by molar-refractivity contribution is 5.87. The van der Waals surface area contributed by atoms with Crippen LogP contribution in [-0.2, 0) is 9.53 Å². The lowest BCUT2D eigenvalue weighted by atomic mass is 10.1. The van der Waals surface area contributed by atoms with Gasteiger partial charge in [0.25, 0.3) is 0 Å². The van der Waals surface area contributed by atoms with E-state index in [0.29, 0.717) is 0 Å². The van der Waals surface area contributed by atoms with Crippen LogP contribution in [0.1, 0.15) is 51.1 Å². The van der Waals surface area contributed by atoms with E-state index in [1.165, 1.54) is 10.9 Å². The zero-order valence-electron chi connectivity index (χ0n) is 11.7. The molecule has 0 aromatic carbocycles. The first-order valence-electron chi connectivity index (χ1n) is 6.00. The van der Waals surface area contributed by atoms with E-state index in [2.05, 4.69) is 10.3 Å². The van der Waals surface area contributed by atoms with Crippen LogP contribution in [-0.4, -0.2) is 37.6 Å². The molecule has 0 bridgehead atoms. The van der Waals surface area contributed by atoms with Crippen LogP contribution in [0.15, 0.2) is 6.20 Å². The topological polar surface area (TPSA) is 94.3 Å². The number of hydrogen-bond donors (Lipinski definition) is 1. The zero-order valence-corrected chi connectivity index (χ0v) is 11.7. The molecule has 7 heteroatoms. The van der Waals surface area contributed by atoms with Crippen molar-refractivity contribution in [3.8, 4) is 0 Å². The summed E-state index contributed by atoms with van der Waals surface area (Å²) in [6.07, 6.45) is 1.30. The van der Waals surface area contributed by atoms with E-state index in [-0.39, 0.29) is 11.6 Å². The van der Waals surface area contributed by atoms with Crippen LogP contribution < -0.4 is 0 Å². The van der Waals surface area contributed by atoms with Crippen molar-refractivity contribution in [2.24, 2.45) is 5.92 Å². The molecule has 1 heterocycles. The third kappa shape index (κ3) is 4.04. The minimum absolute atomic E-state index is 0.00169. The maximum absolute atomic E-state index is 11.8. The lowest BCUT2D eigenvalue weighted by molar-refractivity contribution is -0.142. The summed E-state index contributed by atoms with van der Waals surface area (Å²) in [4.78, 5) is 22.9. The Labute approximate surface area is 111 Å². The Morgan fingerprint density at radius 2 is 1.95 bits per heavy atom. The molecule has 0 aliphatic heterocycles. The van der Waals surface area contributed by atoms with E-state index in [9.17, 15) is 9.59 Å². The second-order valence-electron chi connectivity index (χ2n) is 5.61. The van der Waals surface area contributed by atoms with Crippen molar-refractivity contribution in [1.29, 1.82) is 0 Å². The molecule has 19 heavy (non-hydrogen) atoms. The molecule has 0 fully saturated rings. The lowest BCUT2D eigenvalue weighted by Gasteiger charge is -2.18. The summed E-state index contributed by atoms with van der Waals surface area (Å²) in [6.45, 7) is 8.73. The number of carbonyl (C=O) groups is 2. The highest BCUT2D eigenvalue weighted by Gasteiger charge is 2.27. The molecule has 0 amide bonds. The molecule has 7 nitrogen and oxygen atoms in total. The summed E-state index contributed by atoms with van der Waals surface area (Å²) in [7, 11) is 0. The summed E-state index contributed by atoms with van der Waals surface area (Å²) >= 11 is 0. The van der Waals surface area contributed by atoms with Gasteiger partial charge in [0.2, 0.25) is 0 Å². The number of carbonyl (C=O) groups excluding carboxylic acids is 1. The van der Waals surface area contributed by atoms with Crippen molar-refractivity contribution in [2.45, 2.75) is 46.3 Å². The van der Waals surface area contributed by atoms with Crippen LogP contribution >= 0.6 is 0 Å². The van der Waals surface area contributed by atoms with Crippen molar-refractivity contribution in [3.63, 3.8) is 0 Å². The number of nitrogens with zero attached hydrogens (tertiary/aromatic N) is 3. The van der Waals surface area contributed by atoms with E-state index in [1.807, 2.05) is 0 Å². The number of hydrogen-bond acceptors (Lipinski definition) is 5. The Balaban J connectivity index is 2.93. The number of aromatic nitrogens is 3. The van der Waals surface area contributed by atoms with Crippen molar-refractivity contribution < 1.29 is 19.4 Å². The third-order valence-corrected chi connectivity index (χ3v) is 2.29. The lowest BCUT2D eigenvalue weighted by Crippen LogP contribution is -2.25. The van der Waals surface area contributed by atoms with E-state index in [0.717, 1.165) is 0 Å². The van der Waals surface area contributed by atoms with Gasteiger partial charge in [0.05, 0.1) is 6.20 Å². The summed E-state index contributed by atoms with van der Waals surface area (Å²) in [5, 5.41) is 16.5. The first-order valence-corrected chi connectivity index (χ1v) is 6.00. The van der Waals surface area contributed by atoms with Gasteiger partial charge in [0.1, 0.15) is 5.60 Å². The van der Waals surface area contributed by atoms with Crippen molar-refractivity contribution >= 4 is 11.9 Å². The minimum Gasteiger partial charge on any atom is -0.480 e. The predicted octanol–water partition coefficient (Wildman–Crippen LogP) is 1.52. The molecule has 0 spiro atoms. The summed E-state index contributed by atoms with van der Waals surface area (Å²) in [6, 6.07) is -0.858. The monoisotopic (exact) mass is 269 g/mol. The molecule has 0 aliphatic carbocycles. The van der Waals surface area contributed by atoms with Gasteiger partial charge in [-0.25, -0.2) is 14.3 Å². The van der Waals surface area contributed by atoms with Crippen molar-refractivity contribution in [3.05, 3.63) is 11.9 Å². The highest BCUT2D eigenvalue weighted by Crippen LogP contribution is 2.17. The van der Waals surface area contributed by atoms with Crippen molar-refractivity contribution in [1.82, 2.24) is 15.0 Å².